The summed E-state index contributed by atoms with van der Waals surface area (Å²) < 4.78 is 7.29. The Morgan fingerprint density at radius 2 is 2.00 bits per heavy atom. The van der Waals surface area contributed by atoms with Crippen LogP contribution in [0.25, 0.3) is 10.9 Å². The van der Waals surface area contributed by atoms with Crippen LogP contribution in [0.3, 0.4) is 0 Å². The second kappa shape index (κ2) is 8.42. The van der Waals surface area contributed by atoms with Crippen molar-refractivity contribution in [3.63, 3.8) is 0 Å². The molecule has 1 N–H and O–H groups in total. The number of aromatic amines is 1. The van der Waals surface area contributed by atoms with Crippen LogP contribution in [0.4, 0.5) is 0 Å². The van der Waals surface area contributed by atoms with E-state index in [1.54, 1.807) is 7.11 Å². The van der Waals surface area contributed by atoms with Crippen LogP contribution in [0.15, 0.2) is 29.1 Å². The number of piperidine rings is 1. The van der Waals surface area contributed by atoms with Gasteiger partial charge >= 0.3 is 0 Å². The van der Waals surface area contributed by atoms with Crippen LogP contribution in [0.5, 0.6) is 5.75 Å². The lowest BCUT2D eigenvalue weighted by Gasteiger charge is -2.37. The van der Waals surface area contributed by atoms with Crippen molar-refractivity contribution in [1.82, 2.24) is 30.1 Å². The van der Waals surface area contributed by atoms with E-state index in [0.717, 1.165) is 49.0 Å². The standard InChI is InChI=1S/C23H32N6O2/c1-6-23(3,4)29-21(25-26-27-29)20(28-11-9-15(2)10-12-28)18-14-16-13-17(31-5)7-8-19(16)24-22(18)30/h7-8,13-15,20H,6,9-12H2,1-5H3,(H,24,30)/t20-/m0/s1. The minimum atomic E-state index is -0.312. The minimum absolute atomic E-state index is 0.106. The topological polar surface area (TPSA) is 88.9 Å². The zero-order valence-corrected chi connectivity index (χ0v) is 19.1. The van der Waals surface area contributed by atoms with E-state index in [1.807, 2.05) is 28.9 Å². The summed E-state index contributed by atoms with van der Waals surface area (Å²) in [5, 5.41) is 13.7. The smallest absolute Gasteiger partial charge is 0.253 e. The van der Waals surface area contributed by atoms with Crippen molar-refractivity contribution in [3.05, 3.63) is 46.0 Å². The number of aromatic nitrogens is 5. The van der Waals surface area contributed by atoms with Gasteiger partial charge in [0.1, 0.15) is 11.8 Å². The Morgan fingerprint density at radius 3 is 2.68 bits per heavy atom. The highest BCUT2D eigenvalue weighted by atomic mass is 16.5. The lowest BCUT2D eigenvalue weighted by atomic mass is 9.94. The molecule has 31 heavy (non-hydrogen) atoms. The van der Waals surface area contributed by atoms with Gasteiger partial charge in [0.25, 0.3) is 5.56 Å². The van der Waals surface area contributed by atoms with E-state index in [-0.39, 0.29) is 17.1 Å². The summed E-state index contributed by atoms with van der Waals surface area (Å²) in [6.07, 6.45) is 3.06. The van der Waals surface area contributed by atoms with Crippen molar-refractivity contribution < 1.29 is 4.74 Å². The molecule has 8 heteroatoms. The lowest BCUT2D eigenvalue weighted by molar-refractivity contribution is 0.143. The number of H-pyrrole nitrogens is 1. The summed E-state index contributed by atoms with van der Waals surface area (Å²) in [5.41, 5.74) is 1.09. The number of nitrogens with zero attached hydrogens (tertiary/aromatic N) is 5. The predicted molar refractivity (Wildman–Crippen MR) is 120 cm³/mol. The summed E-state index contributed by atoms with van der Waals surface area (Å²) in [6.45, 7) is 10.5. The second-order valence-corrected chi connectivity index (χ2v) is 9.24. The SMILES string of the molecule is CCC(C)(C)n1nnnc1[C@H](c1cc2cc(OC)ccc2[nH]c1=O)N1CCC(C)CC1. The van der Waals surface area contributed by atoms with E-state index in [4.69, 9.17) is 4.74 Å². The Labute approximate surface area is 182 Å². The van der Waals surface area contributed by atoms with Gasteiger partial charge in [-0.15, -0.1) is 5.10 Å². The number of ether oxygens (including phenoxy) is 1. The highest BCUT2D eigenvalue weighted by Gasteiger charge is 2.35. The summed E-state index contributed by atoms with van der Waals surface area (Å²) in [5.74, 6) is 2.15. The predicted octanol–water partition coefficient (Wildman–Crippen LogP) is 3.49. The molecule has 3 aromatic rings. The van der Waals surface area contributed by atoms with Crippen LogP contribution in [0.1, 0.15) is 64.4 Å². The van der Waals surface area contributed by atoms with Gasteiger partial charge in [-0.1, -0.05) is 13.8 Å². The number of benzene rings is 1. The van der Waals surface area contributed by atoms with Crippen molar-refractivity contribution >= 4 is 10.9 Å². The van der Waals surface area contributed by atoms with Crippen molar-refractivity contribution in [2.75, 3.05) is 20.2 Å². The Balaban J connectivity index is 1.89. The average molecular weight is 425 g/mol. The fourth-order valence-electron chi connectivity index (χ4n) is 4.26. The van der Waals surface area contributed by atoms with Gasteiger partial charge in [0.05, 0.1) is 12.6 Å². The molecule has 1 aliphatic rings. The second-order valence-electron chi connectivity index (χ2n) is 9.24. The third kappa shape index (κ3) is 4.08. The van der Waals surface area contributed by atoms with Gasteiger partial charge in [-0.3, -0.25) is 9.69 Å². The van der Waals surface area contributed by atoms with Crippen LogP contribution in [0.2, 0.25) is 0 Å². The van der Waals surface area contributed by atoms with E-state index in [1.165, 1.54) is 0 Å². The molecule has 1 aliphatic heterocycles. The van der Waals surface area contributed by atoms with Crippen LogP contribution < -0.4 is 10.3 Å². The van der Waals surface area contributed by atoms with Crippen LogP contribution in [-0.2, 0) is 5.54 Å². The molecular weight excluding hydrogens is 392 g/mol. The highest BCUT2D eigenvalue weighted by Crippen LogP contribution is 2.33. The first-order chi connectivity index (χ1) is 14.8. The van der Waals surface area contributed by atoms with Crippen molar-refractivity contribution in [1.29, 1.82) is 0 Å². The summed E-state index contributed by atoms with van der Waals surface area (Å²) >= 11 is 0. The molecule has 1 aromatic carbocycles. The lowest BCUT2D eigenvalue weighted by Crippen LogP contribution is -2.41. The largest absolute Gasteiger partial charge is 0.497 e. The number of tetrazole rings is 1. The van der Waals surface area contributed by atoms with Gasteiger partial charge < -0.3 is 9.72 Å². The quantitative estimate of drug-likeness (QED) is 0.652. The highest BCUT2D eigenvalue weighted by molar-refractivity contribution is 5.80. The molecule has 0 aliphatic carbocycles. The van der Waals surface area contributed by atoms with Crippen LogP contribution in [0, 0.1) is 5.92 Å². The molecule has 1 saturated heterocycles. The molecule has 1 atom stereocenters. The third-order valence-electron chi connectivity index (χ3n) is 6.73. The molecular formula is C23H32N6O2. The van der Waals surface area contributed by atoms with Crippen LogP contribution in [-0.4, -0.2) is 50.3 Å². The van der Waals surface area contributed by atoms with Crippen LogP contribution >= 0.6 is 0 Å². The first-order valence-corrected chi connectivity index (χ1v) is 11.1. The van der Waals surface area contributed by atoms with Gasteiger partial charge in [0.15, 0.2) is 5.82 Å². The number of nitrogens with one attached hydrogen (secondary N) is 1. The molecule has 2 aromatic heterocycles. The van der Waals surface area contributed by atoms with Gasteiger partial charge in [0.2, 0.25) is 0 Å². The molecule has 1 fully saturated rings. The third-order valence-corrected chi connectivity index (χ3v) is 6.73. The van der Waals surface area contributed by atoms with Crippen molar-refractivity contribution in [2.45, 2.75) is 58.5 Å². The number of hydrogen-bond donors (Lipinski definition) is 1. The minimum Gasteiger partial charge on any atom is -0.497 e. The number of fused-ring (bicyclic) bond motifs is 1. The zero-order valence-electron chi connectivity index (χ0n) is 19.1. The van der Waals surface area contributed by atoms with E-state index >= 15 is 0 Å². The number of hydrogen-bond acceptors (Lipinski definition) is 6. The molecule has 0 amide bonds. The van der Waals surface area contributed by atoms with E-state index < -0.39 is 0 Å². The Kier molecular flexibility index (Phi) is 5.83. The molecule has 0 saturated carbocycles. The maximum Gasteiger partial charge on any atom is 0.253 e. The molecule has 8 nitrogen and oxygen atoms in total. The first-order valence-electron chi connectivity index (χ1n) is 11.1. The fourth-order valence-corrected chi connectivity index (χ4v) is 4.26. The van der Waals surface area contributed by atoms with Crippen molar-refractivity contribution in [2.24, 2.45) is 5.92 Å². The maximum atomic E-state index is 13.3. The van der Waals surface area contributed by atoms with Gasteiger partial charge in [0, 0.05) is 16.5 Å². The molecule has 0 radical (unpaired) electrons. The fraction of sp³-hybridized carbons (Fsp3) is 0.565. The van der Waals surface area contributed by atoms with Crippen molar-refractivity contribution in [3.8, 4) is 5.75 Å². The molecule has 3 heterocycles. The van der Waals surface area contributed by atoms with E-state index in [2.05, 4.69) is 53.1 Å². The van der Waals surface area contributed by atoms with Gasteiger partial charge in [-0.2, -0.15) is 0 Å². The Morgan fingerprint density at radius 1 is 1.26 bits per heavy atom. The average Bonchev–Trinajstić information content (AvgIpc) is 3.25. The maximum absolute atomic E-state index is 13.3. The Hall–Kier alpha value is -2.74. The number of likely N-dealkylation sites (tertiary alicyclic amines) is 1. The Bertz CT molecular complexity index is 1110. The zero-order chi connectivity index (χ0) is 22.2. The summed E-state index contributed by atoms with van der Waals surface area (Å²) in [4.78, 5) is 18.7. The number of pyridine rings is 1. The number of methoxy groups -OCH3 is 1. The normalized spacial score (nSPS) is 17.2. The molecule has 0 spiro atoms. The summed E-state index contributed by atoms with van der Waals surface area (Å²) in [6, 6.07) is 7.33. The first kappa shape index (κ1) is 21.5. The molecule has 0 bridgehead atoms. The molecule has 166 valence electrons. The monoisotopic (exact) mass is 424 g/mol. The summed E-state index contributed by atoms with van der Waals surface area (Å²) in [7, 11) is 1.65. The van der Waals surface area contributed by atoms with E-state index in [0.29, 0.717) is 17.3 Å². The van der Waals surface area contributed by atoms with E-state index in [9.17, 15) is 4.79 Å². The van der Waals surface area contributed by atoms with Gasteiger partial charge in [-0.25, -0.2) is 4.68 Å². The van der Waals surface area contributed by atoms with Gasteiger partial charge in [-0.05, 0) is 86.8 Å². The number of rotatable bonds is 6. The molecule has 0 unspecified atom stereocenters. The molecule has 4 rings (SSSR count).